The Morgan fingerprint density at radius 1 is 0.788 bits per heavy atom. The third-order valence-electron chi connectivity index (χ3n) is 16.6. The molecule has 3 aliphatic heterocycles. The number of primary amides is 1. The second kappa shape index (κ2) is 47.1. The first-order valence-corrected chi connectivity index (χ1v) is 35.6. The number of aliphatic hydroxyl groups excluding tert-OH is 1. The van der Waals surface area contributed by atoms with Gasteiger partial charge in [0, 0.05) is 84.1 Å². The lowest BCUT2D eigenvalue weighted by molar-refractivity contribution is -0.150. The van der Waals surface area contributed by atoms with Crippen molar-refractivity contribution in [2.24, 2.45) is 23.5 Å². The molecule has 0 bridgehead atoms. The molecule has 30 heteroatoms. The van der Waals surface area contributed by atoms with Crippen LogP contribution in [0.25, 0.3) is 0 Å². The maximum absolute atomic E-state index is 13.8. The molecule has 0 radical (unpaired) electrons. The number of likely N-dealkylation sites (N-methyl/N-ethyl adjacent to an activating group) is 2. The maximum atomic E-state index is 13.8. The van der Waals surface area contributed by atoms with Crippen LogP contribution in [0, 0.1) is 17.8 Å². The smallest absolute Gasteiger partial charge is 0.409 e. The number of hydrogen-bond acceptors (Lipinski definition) is 21. The Bertz CT molecular complexity index is 2760. The fourth-order valence-electron chi connectivity index (χ4n) is 10.7. The number of urea groups is 1. The van der Waals surface area contributed by atoms with E-state index in [1.807, 2.05) is 42.5 Å². The fraction of sp³-hybridized carbons (Fsp3) is 0.696. The van der Waals surface area contributed by atoms with Crippen molar-refractivity contribution in [2.75, 3.05) is 136 Å². The monoisotopic (exact) mass is 1510 g/mol. The number of Topliss-reactive ketones (excluding diaryl/α,β-unsaturated/α-hetero) is 1. The lowest BCUT2D eigenvalue weighted by atomic mass is 9.87. The van der Waals surface area contributed by atoms with Crippen molar-refractivity contribution in [3.05, 3.63) is 65.8 Å². The first kappa shape index (κ1) is 85.2. The van der Waals surface area contributed by atoms with Crippen LogP contribution < -0.4 is 32.3 Å². The molecule has 1 aromatic carbocycles. The standard InChI is InChI=1S/C69H109IN8O21/c1-46(2)64(76-61(82)22-27-89-29-31-91-33-35-93-37-38-94-36-34-92-32-30-90-28-24-72-62(83)43-70)57(80)40-53(11-10-23-73-67(71)87)66(86)74-54-17-15-52(16-18-54)44-95-68(88)78(9)26-25-77(8)63(84)41-55-42-69(45-96-69)65(85)59(99-55)20-13-47(3)12-19-58-48(4)39-56(50(6)98-58)75-60(81)21-14-49(5)97-51(7)79/h12-18,20-21,46,48-50,53,55-56,58-59,64-65,85H,10-11,19,22-45H2,1-9H3,(H,72,83)(H,74,86)(H,75,81)(H,76,82)(H3,71,73,87)/b20-13+,21-14-,47-12+/t48-,49-,50+,53+,55+,56+,58-,59+,64-,65+,69+/m0/s1. The number of nitrogens with two attached hydrogens (primary N) is 1. The summed E-state index contributed by atoms with van der Waals surface area (Å²) in [4.78, 5) is 117. The van der Waals surface area contributed by atoms with Crippen LogP contribution in [0.1, 0.15) is 105 Å². The van der Waals surface area contributed by atoms with E-state index >= 15 is 0 Å². The zero-order valence-corrected chi connectivity index (χ0v) is 61.3. The van der Waals surface area contributed by atoms with Crippen molar-refractivity contribution in [2.45, 2.75) is 161 Å². The van der Waals surface area contributed by atoms with Crippen molar-refractivity contribution >= 4 is 81.7 Å². The van der Waals surface area contributed by atoms with Crippen LogP contribution in [0.5, 0.6) is 0 Å². The van der Waals surface area contributed by atoms with Crippen LogP contribution in [0.2, 0.25) is 0 Å². The topological polar surface area (TPSA) is 371 Å². The van der Waals surface area contributed by atoms with E-state index in [0.717, 1.165) is 5.57 Å². The molecular formula is C69H109IN8O21. The van der Waals surface area contributed by atoms with Gasteiger partial charge in [0.1, 0.15) is 30.5 Å². The number of carbonyl (C=O) groups is 9. The van der Waals surface area contributed by atoms with Crippen LogP contribution >= 0.6 is 22.6 Å². The summed E-state index contributed by atoms with van der Waals surface area (Å²) in [6.45, 7) is 18.0. The molecule has 1 spiro atoms. The number of epoxide rings is 1. The predicted octanol–water partition coefficient (Wildman–Crippen LogP) is 4.23. The van der Waals surface area contributed by atoms with E-state index in [-0.39, 0.29) is 125 Å². The molecule has 0 unspecified atom stereocenters. The largest absolute Gasteiger partial charge is 0.459 e. The Morgan fingerprint density at radius 2 is 1.39 bits per heavy atom. The van der Waals surface area contributed by atoms with Gasteiger partial charge < -0.3 is 99.3 Å². The second-order valence-corrected chi connectivity index (χ2v) is 26.1. The number of halogens is 1. The summed E-state index contributed by atoms with van der Waals surface area (Å²) in [5.41, 5.74) is 6.42. The Labute approximate surface area is 596 Å². The number of rotatable bonds is 48. The number of esters is 1. The Morgan fingerprint density at radius 3 is 1.98 bits per heavy atom. The van der Waals surface area contributed by atoms with Gasteiger partial charge in [0.2, 0.25) is 29.5 Å². The number of amides is 8. The van der Waals surface area contributed by atoms with Gasteiger partial charge in [-0.2, -0.15) is 0 Å². The highest BCUT2D eigenvalue weighted by Crippen LogP contribution is 2.43. The van der Waals surface area contributed by atoms with Crippen molar-refractivity contribution in [3.63, 3.8) is 0 Å². The van der Waals surface area contributed by atoms with E-state index in [0.29, 0.717) is 114 Å². The molecule has 11 atom stereocenters. The molecule has 0 aliphatic carbocycles. The van der Waals surface area contributed by atoms with E-state index in [9.17, 15) is 48.3 Å². The van der Waals surface area contributed by atoms with E-state index in [1.165, 1.54) is 28.9 Å². The van der Waals surface area contributed by atoms with E-state index in [2.05, 4.69) is 39.6 Å². The molecule has 558 valence electrons. The van der Waals surface area contributed by atoms with Gasteiger partial charge in [-0.15, -0.1) is 0 Å². The number of alkyl halides is 1. The van der Waals surface area contributed by atoms with Gasteiger partial charge >= 0.3 is 18.1 Å². The first-order valence-electron chi connectivity index (χ1n) is 34.1. The van der Waals surface area contributed by atoms with Crippen LogP contribution in [0.4, 0.5) is 15.3 Å². The van der Waals surface area contributed by atoms with Crippen molar-refractivity contribution < 1.29 is 100 Å². The number of anilines is 1. The molecule has 3 heterocycles. The number of benzene rings is 1. The average molecular weight is 1510 g/mol. The van der Waals surface area contributed by atoms with Crippen LogP contribution in [-0.4, -0.2) is 253 Å². The molecular weight excluding hydrogens is 1400 g/mol. The molecule has 3 saturated heterocycles. The highest BCUT2D eigenvalue weighted by Gasteiger charge is 2.58. The zero-order valence-electron chi connectivity index (χ0n) is 59.1. The Hall–Kier alpha value is -6.20. The molecule has 3 fully saturated rings. The van der Waals surface area contributed by atoms with Gasteiger partial charge in [-0.3, -0.25) is 33.6 Å². The average Bonchev–Trinajstić information content (AvgIpc) is 1.60. The van der Waals surface area contributed by atoms with E-state index in [1.54, 1.807) is 65.2 Å². The van der Waals surface area contributed by atoms with E-state index < -0.39 is 71.9 Å². The zero-order chi connectivity index (χ0) is 72.7. The predicted molar refractivity (Wildman–Crippen MR) is 374 cm³/mol. The molecule has 1 aromatic rings. The van der Waals surface area contributed by atoms with Crippen LogP contribution in [0.3, 0.4) is 0 Å². The van der Waals surface area contributed by atoms with Gasteiger partial charge in [0.15, 0.2) is 5.78 Å². The number of hydrogen-bond donors (Lipinski definition) is 7. The van der Waals surface area contributed by atoms with Crippen molar-refractivity contribution in [3.8, 4) is 0 Å². The number of ether oxygens (including phenoxy) is 11. The fourth-order valence-corrected chi connectivity index (χ4v) is 11.0. The molecule has 99 heavy (non-hydrogen) atoms. The number of allylic oxidation sites excluding steroid dienone is 2. The Kier molecular flexibility index (Phi) is 40.5. The summed E-state index contributed by atoms with van der Waals surface area (Å²) in [6, 6.07) is 4.84. The maximum Gasteiger partial charge on any atom is 0.409 e. The van der Waals surface area contributed by atoms with Gasteiger partial charge in [0.05, 0.1) is 127 Å². The summed E-state index contributed by atoms with van der Waals surface area (Å²) < 4.78 is 62.4. The van der Waals surface area contributed by atoms with Crippen molar-refractivity contribution in [1.29, 1.82) is 0 Å². The summed E-state index contributed by atoms with van der Waals surface area (Å²) in [6.07, 6.45) is 7.02. The molecule has 0 saturated carbocycles. The first-order chi connectivity index (χ1) is 47.3. The highest BCUT2D eigenvalue weighted by atomic mass is 127. The molecule has 8 N–H and O–H groups in total. The summed E-state index contributed by atoms with van der Waals surface area (Å²) in [7, 11) is 3.20. The lowest BCUT2D eigenvalue weighted by Crippen LogP contribution is -2.51. The minimum absolute atomic E-state index is 0.00661. The van der Waals surface area contributed by atoms with Gasteiger partial charge in [0.25, 0.3) is 0 Å². The Balaban J connectivity index is 1.13. The third-order valence-corrected chi connectivity index (χ3v) is 17.3. The quantitative estimate of drug-likeness (QED) is 0.00912. The number of ketones is 1. The normalized spacial score (nSPS) is 21.5. The van der Waals surface area contributed by atoms with Crippen LogP contribution in [-0.2, 0) is 92.3 Å². The summed E-state index contributed by atoms with van der Waals surface area (Å²) in [5.74, 6) is -3.12. The van der Waals surface area contributed by atoms with Crippen molar-refractivity contribution in [1.82, 2.24) is 31.1 Å². The number of nitrogens with zero attached hydrogens (tertiary/aromatic N) is 2. The highest BCUT2D eigenvalue weighted by molar-refractivity contribution is 14.1. The second-order valence-electron chi connectivity index (χ2n) is 25.3. The summed E-state index contributed by atoms with van der Waals surface area (Å²) >= 11 is 2.00. The summed E-state index contributed by atoms with van der Waals surface area (Å²) in [5, 5.41) is 25.2. The molecule has 4 rings (SSSR count). The molecule has 0 aromatic heterocycles. The third kappa shape index (κ3) is 34.8. The minimum atomic E-state index is -0.935. The molecule has 8 amide bonds. The van der Waals surface area contributed by atoms with Gasteiger partial charge in [-0.25, -0.2) is 9.59 Å². The number of carbonyl (C=O) groups excluding carboxylic acids is 9. The number of aliphatic hydroxyl groups is 1. The number of nitrogens with one attached hydrogen (secondary N) is 5. The lowest BCUT2D eigenvalue weighted by Gasteiger charge is -2.39. The van der Waals surface area contributed by atoms with Gasteiger partial charge in [-0.1, -0.05) is 79.3 Å². The van der Waals surface area contributed by atoms with E-state index in [4.69, 9.17) is 57.8 Å². The van der Waals surface area contributed by atoms with Gasteiger partial charge in [-0.05, 0) is 82.1 Å². The molecule has 3 aliphatic rings. The van der Waals surface area contributed by atoms with Crippen LogP contribution in [0.15, 0.2) is 60.2 Å². The SMILES string of the molecule is CC(=O)O[C@@H](C)/C=C\C(=O)N[C@@H]1C[C@H](C)[C@H](C/C=C(C)/C=C/[C@H]2O[C@H](CC(=O)N(C)CCN(C)C(=O)OCc3ccc(NC(=O)[C@H](CCCNC(N)=O)CC(=O)[C@@H](NC(=O)CCOCCOCCOCCOCCOCCOCCNC(=O)CI)C(C)C)cc3)C[C@@]3(CO3)[C@@H]2O)O[C@@H]1C. The minimum Gasteiger partial charge on any atom is -0.459 e. The molecule has 29 nitrogen and oxygen atoms in total.